The number of halogens is 3. The maximum absolute atomic E-state index is 13.2. The summed E-state index contributed by atoms with van der Waals surface area (Å²) in [6, 6.07) is 8.70. The summed E-state index contributed by atoms with van der Waals surface area (Å²) >= 11 is 0. The molecule has 1 aliphatic rings. The van der Waals surface area contributed by atoms with Gasteiger partial charge in [0.15, 0.2) is 17.5 Å². The Hall–Kier alpha value is -3.89. The molecule has 3 atom stereocenters. The second kappa shape index (κ2) is 10.9. The van der Waals surface area contributed by atoms with Crippen molar-refractivity contribution in [1.82, 2.24) is 14.8 Å². The van der Waals surface area contributed by atoms with Crippen LogP contribution in [0.2, 0.25) is 0 Å². The summed E-state index contributed by atoms with van der Waals surface area (Å²) in [6.07, 6.45) is -3.63. The summed E-state index contributed by atoms with van der Waals surface area (Å²) in [6.45, 7) is 4.73. The van der Waals surface area contributed by atoms with Crippen molar-refractivity contribution in [3.8, 4) is 6.07 Å². The number of hydrogen-bond donors (Lipinski definition) is 3. The van der Waals surface area contributed by atoms with E-state index in [1.807, 2.05) is 13.8 Å². The second-order valence-corrected chi connectivity index (χ2v) is 10.5. The predicted octanol–water partition coefficient (Wildman–Crippen LogP) is 4.23. The Kier molecular flexibility index (Phi) is 7.96. The van der Waals surface area contributed by atoms with Crippen molar-refractivity contribution in [2.45, 2.75) is 63.5 Å². The average molecular weight is 562 g/mol. The van der Waals surface area contributed by atoms with Crippen molar-refractivity contribution in [2.75, 3.05) is 18.5 Å². The zero-order chi connectivity index (χ0) is 29.3. The third kappa shape index (κ3) is 5.55. The summed E-state index contributed by atoms with van der Waals surface area (Å²) in [7, 11) is 0. The molecule has 1 aliphatic heterocycles. The zero-order valence-corrected chi connectivity index (χ0v) is 22.2. The minimum Gasteiger partial charge on any atom is -0.463 e. The van der Waals surface area contributed by atoms with Crippen LogP contribution in [0.25, 0.3) is 10.9 Å². The minimum absolute atomic E-state index is 0.0228. The number of hydrogen-bond acceptors (Lipinski definition) is 8. The molecule has 40 heavy (non-hydrogen) atoms. The van der Waals surface area contributed by atoms with E-state index in [4.69, 9.17) is 9.47 Å². The maximum atomic E-state index is 13.2. The lowest BCUT2D eigenvalue weighted by molar-refractivity contribution is -0.258. The molecule has 3 aromatic rings. The lowest BCUT2D eigenvalue weighted by Crippen LogP contribution is -2.47. The average Bonchev–Trinajstić information content (AvgIpc) is 3.27. The van der Waals surface area contributed by atoms with E-state index < -0.39 is 34.9 Å². The molecule has 3 N–H and O–H groups in total. The Morgan fingerprint density at radius 1 is 1.35 bits per heavy atom. The topological polar surface area (TPSA) is 142 Å². The van der Waals surface area contributed by atoms with Crippen LogP contribution in [0.15, 0.2) is 41.3 Å². The molecule has 0 spiro atoms. The number of nitriles is 1. The van der Waals surface area contributed by atoms with Crippen LogP contribution in [0.5, 0.6) is 0 Å². The fourth-order valence-corrected chi connectivity index (χ4v) is 4.57. The van der Waals surface area contributed by atoms with Gasteiger partial charge in [0.05, 0.1) is 36.8 Å². The number of aromatic amines is 1. The molecular formula is C27H30F3N5O5. The van der Waals surface area contributed by atoms with E-state index in [-0.39, 0.29) is 48.7 Å². The molecule has 0 radical (unpaired) electrons. The van der Waals surface area contributed by atoms with Gasteiger partial charge >= 0.3 is 12.1 Å². The van der Waals surface area contributed by atoms with Crippen LogP contribution in [0.4, 0.5) is 24.7 Å². The standard InChI is InChI=1S/C27H30F3N5O5/c1-16(2)14-39-24(37)20-8-10-26(11-12-31,15-40-20)35-19-9-13-32-23(36)21(19)22(34-35)33-18-6-4-17(5-7-18)25(3,38)27(28,29)30/h4-7,9,13,16,20,38H,8,10-11,14-15H2,1-3H3,(H,32,36)(H,33,34)/t20?,25?,26-/m0/s1. The van der Waals surface area contributed by atoms with E-state index in [1.54, 1.807) is 10.7 Å². The van der Waals surface area contributed by atoms with Crippen LogP contribution >= 0.6 is 0 Å². The van der Waals surface area contributed by atoms with Crippen LogP contribution < -0.4 is 10.9 Å². The van der Waals surface area contributed by atoms with Crippen LogP contribution in [-0.2, 0) is 25.4 Å². The molecule has 4 rings (SSSR count). The van der Waals surface area contributed by atoms with Crippen molar-refractivity contribution in [3.63, 3.8) is 0 Å². The number of anilines is 2. The first-order valence-electron chi connectivity index (χ1n) is 12.7. The van der Waals surface area contributed by atoms with Crippen molar-refractivity contribution in [2.24, 2.45) is 5.92 Å². The molecule has 1 saturated heterocycles. The first kappa shape index (κ1) is 29.1. The first-order chi connectivity index (χ1) is 18.8. The van der Waals surface area contributed by atoms with Gasteiger partial charge in [0, 0.05) is 11.9 Å². The Balaban J connectivity index is 1.66. The number of pyridine rings is 1. The number of carbonyl (C=O) groups is 1. The van der Waals surface area contributed by atoms with E-state index in [0.29, 0.717) is 24.5 Å². The summed E-state index contributed by atoms with van der Waals surface area (Å²) in [5, 5.41) is 27.3. The number of nitrogens with zero attached hydrogens (tertiary/aromatic N) is 3. The lowest BCUT2D eigenvalue weighted by Gasteiger charge is -2.38. The zero-order valence-electron chi connectivity index (χ0n) is 22.2. The lowest BCUT2D eigenvalue weighted by atomic mass is 9.87. The van der Waals surface area contributed by atoms with Gasteiger partial charge in [-0.3, -0.25) is 9.48 Å². The molecule has 10 nitrogen and oxygen atoms in total. The third-order valence-corrected chi connectivity index (χ3v) is 6.97. The summed E-state index contributed by atoms with van der Waals surface area (Å²) < 4.78 is 52.4. The van der Waals surface area contributed by atoms with Crippen LogP contribution in [0.1, 0.15) is 45.6 Å². The maximum Gasteiger partial charge on any atom is 0.421 e. The molecule has 1 aromatic carbocycles. The number of aliphatic hydroxyl groups is 1. The van der Waals surface area contributed by atoms with Gasteiger partial charge in [-0.05, 0) is 49.4 Å². The van der Waals surface area contributed by atoms with E-state index in [0.717, 1.165) is 12.1 Å². The van der Waals surface area contributed by atoms with E-state index >= 15 is 0 Å². The molecule has 1 fully saturated rings. The molecule has 2 unspecified atom stereocenters. The molecular weight excluding hydrogens is 531 g/mol. The largest absolute Gasteiger partial charge is 0.463 e. The van der Waals surface area contributed by atoms with Crippen molar-refractivity contribution < 1.29 is 32.5 Å². The number of aromatic nitrogens is 3. The van der Waals surface area contributed by atoms with Gasteiger partial charge in [0.25, 0.3) is 5.56 Å². The van der Waals surface area contributed by atoms with Gasteiger partial charge in [0.1, 0.15) is 5.39 Å². The summed E-state index contributed by atoms with van der Waals surface area (Å²) in [5.74, 6) is -0.196. The van der Waals surface area contributed by atoms with Crippen molar-refractivity contribution in [1.29, 1.82) is 5.26 Å². The Bertz CT molecular complexity index is 1460. The molecule has 0 bridgehead atoms. The number of ether oxygens (including phenoxy) is 2. The van der Waals surface area contributed by atoms with E-state index in [2.05, 4.69) is 21.5 Å². The SMILES string of the molecule is CC(C)COC(=O)C1CC[C@@](CC#N)(n2nc(Nc3ccc(C(C)(O)C(F)(F)F)cc3)c3c(=O)[nH]ccc32)CO1. The Morgan fingerprint density at radius 2 is 2.05 bits per heavy atom. The fourth-order valence-electron chi connectivity index (χ4n) is 4.57. The van der Waals surface area contributed by atoms with Crippen molar-refractivity contribution in [3.05, 3.63) is 52.4 Å². The highest BCUT2D eigenvalue weighted by molar-refractivity contribution is 5.91. The highest BCUT2D eigenvalue weighted by Gasteiger charge is 2.51. The summed E-state index contributed by atoms with van der Waals surface area (Å²) in [4.78, 5) is 27.9. The molecule has 0 aliphatic carbocycles. The molecule has 0 saturated carbocycles. The van der Waals surface area contributed by atoms with Gasteiger partial charge in [0.2, 0.25) is 0 Å². The number of H-pyrrole nitrogens is 1. The predicted molar refractivity (Wildman–Crippen MR) is 139 cm³/mol. The van der Waals surface area contributed by atoms with Crippen LogP contribution in [0.3, 0.4) is 0 Å². The highest BCUT2D eigenvalue weighted by Crippen LogP contribution is 2.40. The number of nitrogens with one attached hydrogen (secondary N) is 2. The molecule has 3 heterocycles. The quantitative estimate of drug-likeness (QED) is 0.347. The molecule has 13 heteroatoms. The Labute approximate surface area is 227 Å². The molecule has 2 aromatic heterocycles. The number of alkyl halides is 3. The van der Waals surface area contributed by atoms with Crippen molar-refractivity contribution >= 4 is 28.4 Å². The first-order valence-corrected chi connectivity index (χ1v) is 12.7. The number of benzene rings is 1. The molecule has 214 valence electrons. The number of rotatable bonds is 8. The highest BCUT2D eigenvalue weighted by atomic mass is 19.4. The summed E-state index contributed by atoms with van der Waals surface area (Å²) in [5.41, 5.74) is -4.14. The van der Waals surface area contributed by atoms with Gasteiger partial charge < -0.3 is 24.9 Å². The third-order valence-electron chi connectivity index (χ3n) is 6.97. The fraction of sp³-hybridized carbons (Fsp3) is 0.481. The van der Waals surface area contributed by atoms with Gasteiger partial charge in [-0.2, -0.15) is 23.5 Å². The number of esters is 1. The van der Waals surface area contributed by atoms with Gasteiger partial charge in [-0.25, -0.2) is 4.79 Å². The Morgan fingerprint density at radius 3 is 2.62 bits per heavy atom. The minimum atomic E-state index is -4.87. The smallest absolute Gasteiger partial charge is 0.421 e. The number of carbonyl (C=O) groups excluding carboxylic acids is 1. The van der Waals surface area contributed by atoms with Gasteiger partial charge in [-0.1, -0.05) is 26.0 Å². The second-order valence-electron chi connectivity index (χ2n) is 10.5. The number of fused-ring (bicyclic) bond motifs is 1. The van der Waals surface area contributed by atoms with Crippen LogP contribution in [0, 0.1) is 17.2 Å². The van der Waals surface area contributed by atoms with E-state index in [9.17, 15) is 33.1 Å². The normalized spacial score (nSPS) is 21.1. The van der Waals surface area contributed by atoms with E-state index in [1.165, 1.54) is 18.3 Å². The van der Waals surface area contributed by atoms with Crippen LogP contribution in [-0.4, -0.2) is 51.3 Å². The van der Waals surface area contributed by atoms with Gasteiger partial charge in [-0.15, -0.1) is 0 Å². The molecule has 0 amide bonds. The monoisotopic (exact) mass is 561 g/mol.